The van der Waals surface area contributed by atoms with E-state index in [1.165, 1.54) is 25.1 Å². The summed E-state index contributed by atoms with van der Waals surface area (Å²) < 4.78 is 10.9. The molecule has 0 unspecified atom stereocenters. The van der Waals surface area contributed by atoms with Gasteiger partial charge in [-0.2, -0.15) is 5.10 Å². The van der Waals surface area contributed by atoms with Crippen LogP contribution in [0.2, 0.25) is 5.02 Å². The molecule has 148 valence electrons. The van der Waals surface area contributed by atoms with Gasteiger partial charge in [0.15, 0.2) is 18.1 Å². The molecule has 0 saturated carbocycles. The molecule has 0 radical (unpaired) electrons. The number of carboxylic acids is 1. The number of methoxy groups -OCH3 is 1. The minimum absolute atomic E-state index is 0.202. The largest absolute Gasteiger partial charge is 0.493 e. The summed E-state index contributed by atoms with van der Waals surface area (Å²) in [6, 6.07) is 10.5. The van der Waals surface area contributed by atoms with Crippen molar-refractivity contribution < 1.29 is 24.2 Å². The zero-order valence-corrected chi connectivity index (χ0v) is 17.8. The highest BCUT2D eigenvalue weighted by molar-refractivity contribution is 9.10. The second kappa shape index (κ2) is 10.9. The van der Waals surface area contributed by atoms with Gasteiger partial charge < -0.3 is 14.6 Å². The molecule has 0 aliphatic rings. The minimum Gasteiger partial charge on any atom is -0.493 e. The number of nitrogens with zero attached hydrogens (tertiary/aromatic N) is 1. The number of rotatable bonds is 9. The minimum atomic E-state index is -1.10. The predicted octanol–water partition coefficient (Wildman–Crippen LogP) is 3.82. The standard InChI is InChI=1S/C18H16BrClN2O5S/c1-26-15-7-11(6-14(19)18(15)27-9-17(24)25)8-21-22-16(23)10-28-13-4-2-12(20)3-5-13/h2-8H,9-10H2,1H3,(H,22,23)(H,24,25)/b21-8-. The number of hydrogen-bond donors (Lipinski definition) is 2. The van der Waals surface area contributed by atoms with Gasteiger partial charge in [-0.1, -0.05) is 11.6 Å². The third-order valence-electron chi connectivity index (χ3n) is 3.18. The van der Waals surface area contributed by atoms with Crippen molar-refractivity contribution in [1.29, 1.82) is 0 Å². The highest BCUT2D eigenvalue weighted by Crippen LogP contribution is 2.36. The van der Waals surface area contributed by atoms with Crippen molar-refractivity contribution in [3.8, 4) is 11.5 Å². The molecule has 0 aliphatic carbocycles. The lowest BCUT2D eigenvalue weighted by molar-refractivity contribution is -0.139. The molecule has 2 aromatic rings. The van der Waals surface area contributed by atoms with Crippen LogP contribution in [-0.2, 0) is 9.59 Å². The molecule has 0 aromatic heterocycles. The number of hydrogen-bond acceptors (Lipinski definition) is 6. The van der Waals surface area contributed by atoms with Crippen LogP contribution in [0.3, 0.4) is 0 Å². The van der Waals surface area contributed by atoms with Gasteiger partial charge in [-0.3, -0.25) is 4.79 Å². The summed E-state index contributed by atoms with van der Waals surface area (Å²) in [6.07, 6.45) is 1.44. The van der Waals surface area contributed by atoms with Crippen LogP contribution in [0.1, 0.15) is 5.56 Å². The predicted molar refractivity (Wildman–Crippen MR) is 112 cm³/mol. The monoisotopic (exact) mass is 486 g/mol. The Labute approximate surface area is 179 Å². The number of nitrogens with one attached hydrogen (secondary N) is 1. The maximum absolute atomic E-state index is 11.9. The number of hydrazone groups is 1. The number of thioether (sulfide) groups is 1. The van der Waals surface area contributed by atoms with Crippen LogP contribution in [0.15, 0.2) is 50.9 Å². The van der Waals surface area contributed by atoms with Crippen LogP contribution in [-0.4, -0.2) is 42.7 Å². The molecular weight excluding hydrogens is 472 g/mol. The van der Waals surface area contributed by atoms with Gasteiger partial charge in [-0.25, -0.2) is 10.2 Å². The Morgan fingerprint density at radius 3 is 2.68 bits per heavy atom. The highest BCUT2D eigenvalue weighted by atomic mass is 79.9. The van der Waals surface area contributed by atoms with Crippen molar-refractivity contribution >= 4 is 57.4 Å². The molecule has 0 bridgehead atoms. The van der Waals surface area contributed by atoms with E-state index in [0.29, 0.717) is 20.8 Å². The van der Waals surface area contributed by atoms with Gasteiger partial charge in [0.2, 0.25) is 5.91 Å². The van der Waals surface area contributed by atoms with Gasteiger partial charge in [0, 0.05) is 9.92 Å². The van der Waals surface area contributed by atoms with E-state index in [1.54, 1.807) is 24.3 Å². The first-order chi connectivity index (χ1) is 13.4. The summed E-state index contributed by atoms with van der Waals surface area (Å²) in [5.41, 5.74) is 3.07. The van der Waals surface area contributed by atoms with E-state index in [4.69, 9.17) is 26.2 Å². The average Bonchev–Trinajstić information content (AvgIpc) is 2.66. The zero-order valence-electron chi connectivity index (χ0n) is 14.6. The van der Waals surface area contributed by atoms with Crippen molar-refractivity contribution in [3.05, 3.63) is 51.5 Å². The number of carboxylic acid groups (broad SMARTS) is 1. The average molecular weight is 488 g/mol. The molecule has 2 aromatic carbocycles. The molecule has 0 atom stereocenters. The van der Waals surface area contributed by atoms with Crippen molar-refractivity contribution in [2.24, 2.45) is 5.10 Å². The number of carbonyl (C=O) groups is 2. The molecule has 10 heteroatoms. The summed E-state index contributed by atoms with van der Waals surface area (Å²) in [5, 5.41) is 13.3. The van der Waals surface area contributed by atoms with Crippen molar-refractivity contribution in [2.75, 3.05) is 19.5 Å². The van der Waals surface area contributed by atoms with E-state index in [2.05, 4.69) is 26.5 Å². The summed E-state index contributed by atoms with van der Waals surface area (Å²) in [4.78, 5) is 23.5. The van der Waals surface area contributed by atoms with Crippen LogP contribution in [0.4, 0.5) is 0 Å². The quantitative estimate of drug-likeness (QED) is 0.317. The number of carbonyl (C=O) groups excluding carboxylic acids is 1. The summed E-state index contributed by atoms with van der Waals surface area (Å²) in [7, 11) is 1.44. The van der Waals surface area contributed by atoms with Crippen molar-refractivity contribution in [1.82, 2.24) is 5.43 Å². The molecule has 0 saturated heterocycles. The van der Waals surface area contributed by atoms with Gasteiger partial charge in [0.25, 0.3) is 0 Å². The highest BCUT2D eigenvalue weighted by Gasteiger charge is 2.12. The second-order valence-corrected chi connectivity index (χ2v) is 7.59. The Morgan fingerprint density at radius 1 is 1.32 bits per heavy atom. The Hall–Kier alpha value is -2.23. The first-order valence-electron chi connectivity index (χ1n) is 7.81. The van der Waals surface area contributed by atoms with Crippen molar-refractivity contribution in [2.45, 2.75) is 4.90 Å². The zero-order chi connectivity index (χ0) is 20.5. The van der Waals surface area contributed by atoms with E-state index in [9.17, 15) is 9.59 Å². The van der Waals surface area contributed by atoms with E-state index in [-0.39, 0.29) is 17.4 Å². The number of aliphatic carboxylic acids is 1. The number of halogens is 2. The SMILES string of the molecule is COc1cc(/C=N\NC(=O)CSc2ccc(Cl)cc2)cc(Br)c1OCC(=O)O. The number of amides is 1. The molecule has 0 aliphatic heterocycles. The first kappa shape index (κ1) is 22.1. The lowest BCUT2D eigenvalue weighted by Crippen LogP contribution is -2.19. The van der Waals surface area contributed by atoms with Crippen LogP contribution >= 0.6 is 39.3 Å². The third-order valence-corrected chi connectivity index (χ3v) is 5.03. The van der Waals surface area contributed by atoms with Crippen LogP contribution in [0.5, 0.6) is 11.5 Å². The van der Waals surface area contributed by atoms with Gasteiger partial charge in [0.1, 0.15) is 0 Å². The summed E-state index contributed by atoms with van der Waals surface area (Å²) in [6.45, 7) is -0.496. The van der Waals surface area contributed by atoms with Crippen LogP contribution < -0.4 is 14.9 Å². The smallest absolute Gasteiger partial charge is 0.341 e. The van der Waals surface area contributed by atoms with Gasteiger partial charge >= 0.3 is 5.97 Å². The van der Waals surface area contributed by atoms with Gasteiger partial charge in [0.05, 0.1) is 23.5 Å². The molecule has 0 spiro atoms. The lowest BCUT2D eigenvalue weighted by Gasteiger charge is -2.12. The fourth-order valence-electron chi connectivity index (χ4n) is 1.98. The molecule has 2 rings (SSSR count). The Morgan fingerprint density at radius 2 is 2.04 bits per heavy atom. The molecule has 0 fully saturated rings. The number of ether oxygens (including phenoxy) is 2. The summed E-state index contributed by atoms with van der Waals surface area (Å²) in [5.74, 6) is -0.553. The Balaban J connectivity index is 1.93. The second-order valence-electron chi connectivity index (χ2n) is 5.25. The Bertz CT molecular complexity index is 877. The van der Waals surface area contributed by atoms with Gasteiger partial charge in [-0.05, 0) is 57.9 Å². The number of benzene rings is 2. The topological polar surface area (TPSA) is 97.2 Å². The molecule has 28 heavy (non-hydrogen) atoms. The van der Waals surface area contributed by atoms with E-state index < -0.39 is 12.6 Å². The molecule has 7 nitrogen and oxygen atoms in total. The van der Waals surface area contributed by atoms with Gasteiger partial charge in [-0.15, -0.1) is 11.8 Å². The molecule has 0 heterocycles. The lowest BCUT2D eigenvalue weighted by atomic mass is 10.2. The fourth-order valence-corrected chi connectivity index (χ4v) is 3.37. The normalized spacial score (nSPS) is 10.7. The molecule has 2 N–H and O–H groups in total. The van der Waals surface area contributed by atoms with E-state index in [1.807, 2.05) is 12.1 Å². The summed E-state index contributed by atoms with van der Waals surface area (Å²) >= 11 is 10.5. The molecule has 1 amide bonds. The van der Waals surface area contributed by atoms with Crippen LogP contribution in [0.25, 0.3) is 0 Å². The van der Waals surface area contributed by atoms with Crippen LogP contribution in [0, 0.1) is 0 Å². The Kier molecular flexibility index (Phi) is 8.62. The van der Waals surface area contributed by atoms with Crippen molar-refractivity contribution in [3.63, 3.8) is 0 Å². The maximum Gasteiger partial charge on any atom is 0.341 e. The molecular formula is C18H16BrClN2O5S. The first-order valence-corrected chi connectivity index (χ1v) is 9.97. The van der Waals surface area contributed by atoms with E-state index >= 15 is 0 Å². The fraction of sp³-hybridized carbons (Fsp3) is 0.167. The maximum atomic E-state index is 11.9. The van der Waals surface area contributed by atoms with E-state index in [0.717, 1.165) is 4.90 Å². The third kappa shape index (κ3) is 7.06.